The fourth-order valence-electron chi connectivity index (χ4n) is 2.57. The molecule has 1 aliphatic heterocycles. The van der Waals surface area contributed by atoms with Gasteiger partial charge in [0.25, 0.3) is 5.91 Å². The molecule has 0 unspecified atom stereocenters. The van der Waals surface area contributed by atoms with Crippen molar-refractivity contribution in [2.24, 2.45) is 0 Å². The van der Waals surface area contributed by atoms with E-state index in [1.165, 1.54) is 5.57 Å². The van der Waals surface area contributed by atoms with E-state index in [1.54, 1.807) is 0 Å². The van der Waals surface area contributed by atoms with Crippen LogP contribution < -0.4 is 0 Å². The lowest BCUT2D eigenvalue weighted by Crippen LogP contribution is -2.50. The van der Waals surface area contributed by atoms with Crippen LogP contribution in [0.25, 0.3) is 5.57 Å². The van der Waals surface area contributed by atoms with Crippen molar-refractivity contribution in [3.8, 4) is 0 Å². The maximum absolute atomic E-state index is 12.8. The number of benzene rings is 1. The summed E-state index contributed by atoms with van der Waals surface area (Å²) in [5, 5.41) is 0. The number of hydrogen-bond donors (Lipinski definition) is 0. The Hall–Kier alpha value is -1.57. The first-order chi connectivity index (χ1) is 8.97. The van der Waals surface area contributed by atoms with Gasteiger partial charge in [0.15, 0.2) is 0 Å². The Morgan fingerprint density at radius 3 is 2.42 bits per heavy atom. The Balaban J connectivity index is 2.41. The largest absolute Gasteiger partial charge is 0.333 e. The Morgan fingerprint density at radius 1 is 1.21 bits per heavy atom. The molecule has 19 heavy (non-hydrogen) atoms. The van der Waals surface area contributed by atoms with E-state index >= 15 is 0 Å². The SMILES string of the molecule is CCC(C)(C)N1CCC(C)=C(c2ccccc2)C1=O. The molecule has 1 aromatic rings. The van der Waals surface area contributed by atoms with Crippen LogP contribution in [0.3, 0.4) is 0 Å². The summed E-state index contributed by atoms with van der Waals surface area (Å²) in [6.07, 6.45) is 1.94. The van der Waals surface area contributed by atoms with Crippen LogP contribution in [0.4, 0.5) is 0 Å². The molecule has 0 N–H and O–H groups in total. The maximum Gasteiger partial charge on any atom is 0.254 e. The third kappa shape index (κ3) is 2.58. The van der Waals surface area contributed by atoms with Crippen LogP contribution in [-0.4, -0.2) is 22.9 Å². The molecule has 0 fully saturated rings. The van der Waals surface area contributed by atoms with Crippen LogP contribution >= 0.6 is 0 Å². The number of hydrogen-bond acceptors (Lipinski definition) is 1. The van der Waals surface area contributed by atoms with E-state index in [-0.39, 0.29) is 11.4 Å². The molecule has 0 aliphatic carbocycles. The monoisotopic (exact) mass is 257 g/mol. The molecule has 0 saturated heterocycles. The summed E-state index contributed by atoms with van der Waals surface area (Å²) in [6.45, 7) is 9.35. The van der Waals surface area contributed by atoms with Crippen molar-refractivity contribution in [2.75, 3.05) is 6.54 Å². The lowest BCUT2D eigenvalue weighted by atomic mass is 9.89. The first-order valence-electron chi connectivity index (χ1n) is 7.04. The van der Waals surface area contributed by atoms with Gasteiger partial charge in [0.05, 0.1) is 0 Å². The minimum Gasteiger partial charge on any atom is -0.333 e. The molecule has 0 bridgehead atoms. The summed E-state index contributed by atoms with van der Waals surface area (Å²) in [6, 6.07) is 10.0. The first-order valence-corrected chi connectivity index (χ1v) is 7.04. The Bertz CT molecular complexity index is 499. The highest BCUT2D eigenvalue weighted by atomic mass is 16.2. The second kappa shape index (κ2) is 5.20. The molecule has 2 nitrogen and oxygen atoms in total. The topological polar surface area (TPSA) is 20.3 Å². The van der Waals surface area contributed by atoms with E-state index in [1.807, 2.05) is 35.2 Å². The molecule has 1 aromatic carbocycles. The third-order valence-electron chi connectivity index (χ3n) is 4.25. The highest BCUT2D eigenvalue weighted by molar-refractivity contribution is 6.21. The molecular weight excluding hydrogens is 234 g/mol. The van der Waals surface area contributed by atoms with Crippen molar-refractivity contribution in [2.45, 2.75) is 46.1 Å². The van der Waals surface area contributed by atoms with Gasteiger partial charge in [0.1, 0.15) is 0 Å². The maximum atomic E-state index is 12.8. The van der Waals surface area contributed by atoms with Gasteiger partial charge < -0.3 is 4.90 Å². The van der Waals surface area contributed by atoms with Gasteiger partial charge in [-0.25, -0.2) is 0 Å². The molecule has 1 aliphatic rings. The van der Waals surface area contributed by atoms with E-state index in [2.05, 4.69) is 27.7 Å². The number of rotatable bonds is 3. The zero-order valence-electron chi connectivity index (χ0n) is 12.4. The van der Waals surface area contributed by atoms with Gasteiger partial charge in [-0.1, -0.05) is 42.8 Å². The van der Waals surface area contributed by atoms with Crippen molar-refractivity contribution in [3.63, 3.8) is 0 Å². The van der Waals surface area contributed by atoms with Crippen LogP contribution in [-0.2, 0) is 4.79 Å². The molecule has 2 rings (SSSR count). The normalized spacial score (nSPS) is 17.1. The van der Waals surface area contributed by atoms with Gasteiger partial charge >= 0.3 is 0 Å². The predicted molar refractivity (Wildman–Crippen MR) is 79.7 cm³/mol. The Labute approximate surface area is 116 Å². The predicted octanol–water partition coefficient (Wildman–Crippen LogP) is 3.88. The van der Waals surface area contributed by atoms with Crippen LogP contribution in [0.5, 0.6) is 0 Å². The summed E-state index contributed by atoms with van der Waals surface area (Å²) in [5.74, 6) is 0.182. The number of nitrogens with zero attached hydrogens (tertiary/aromatic N) is 1. The van der Waals surface area contributed by atoms with Gasteiger partial charge in [-0.05, 0) is 39.2 Å². The Morgan fingerprint density at radius 2 is 1.84 bits per heavy atom. The van der Waals surface area contributed by atoms with Crippen molar-refractivity contribution in [1.29, 1.82) is 0 Å². The molecule has 0 atom stereocenters. The summed E-state index contributed by atoms with van der Waals surface area (Å²) in [4.78, 5) is 14.8. The quantitative estimate of drug-likeness (QED) is 0.804. The molecular formula is C17H23NO. The zero-order chi connectivity index (χ0) is 14.0. The van der Waals surface area contributed by atoms with E-state index in [0.717, 1.165) is 30.5 Å². The summed E-state index contributed by atoms with van der Waals surface area (Å²) in [7, 11) is 0. The van der Waals surface area contributed by atoms with Gasteiger partial charge in [-0.3, -0.25) is 4.79 Å². The van der Waals surface area contributed by atoms with Gasteiger partial charge in [-0.15, -0.1) is 0 Å². The van der Waals surface area contributed by atoms with E-state index < -0.39 is 0 Å². The first kappa shape index (κ1) is 13.9. The summed E-state index contributed by atoms with van der Waals surface area (Å²) < 4.78 is 0. The fourth-order valence-corrected chi connectivity index (χ4v) is 2.57. The molecule has 0 saturated carbocycles. The number of amides is 1. The van der Waals surface area contributed by atoms with Crippen LogP contribution in [0, 0.1) is 0 Å². The number of carbonyl (C=O) groups is 1. The van der Waals surface area contributed by atoms with E-state index in [4.69, 9.17) is 0 Å². The Kier molecular flexibility index (Phi) is 3.79. The van der Waals surface area contributed by atoms with Gasteiger partial charge in [0, 0.05) is 17.7 Å². The summed E-state index contributed by atoms with van der Waals surface area (Å²) in [5.41, 5.74) is 3.08. The van der Waals surface area contributed by atoms with Crippen molar-refractivity contribution >= 4 is 11.5 Å². The highest BCUT2D eigenvalue weighted by Gasteiger charge is 2.34. The van der Waals surface area contributed by atoms with E-state index in [0.29, 0.717) is 0 Å². The summed E-state index contributed by atoms with van der Waals surface area (Å²) >= 11 is 0. The standard InChI is InChI=1S/C17H23NO/c1-5-17(3,4)18-12-11-13(2)15(16(18)19)14-9-7-6-8-10-14/h6-10H,5,11-12H2,1-4H3. The second-order valence-electron chi connectivity index (χ2n) is 5.89. The number of carbonyl (C=O) groups excluding carboxylic acids is 1. The highest BCUT2D eigenvalue weighted by Crippen LogP contribution is 2.32. The molecule has 1 amide bonds. The van der Waals surface area contributed by atoms with Crippen molar-refractivity contribution in [3.05, 3.63) is 41.5 Å². The van der Waals surface area contributed by atoms with Crippen LogP contribution in [0.15, 0.2) is 35.9 Å². The zero-order valence-corrected chi connectivity index (χ0v) is 12.4. The molecule has 0 spiro atoms. The van der Waals surface area contributed by atoms with E-state index in [9.17, 15) is 4.79 Å². The minimum absolute atomic E-state index is 0.0716. The molecule has 0 radical (unpaired) electrons. The minimum atomic E-state index is -0.0716. The van der Waals surface area contributed by atoms with Gasteiger partial charge in [-0.2, -0.15) is 0 Å². The molecule has 2 heteroatoms. The second-order valence-corrected chi connectivity index (χ2v) is 5.89. The average Bonchev–Trinajstić information content (AvgIpc) is 2.39. The van der Waals surface area contributed by atoms with Gasteiger partial charge in [0.2, 0.25) is 0 Å². The van der Waals surface area contributed by atoms with Crippen molar-refractivity contribution in [1.82, 2.24) is 4.90 Å². The van der Waals surface area contributed by atoms with Crippen LogP contribution in [0.2, 0.25) is 0 Å². The average molecular weight is 257 g/mol. The fraction of sp³-hybridized carbons (Fsp3) is 0.471. The molecule has 1 heterocycles. The molecule has 0 aromatic heterocycles. The molecule has 102 valence electrons. The van der Waals surface area contributed by atoms with Crippen molar-refractivity contribution < 1.29 is 4.79 Å². The lowest BCUT2D eigenvalue weighted by molar-refractivity contribution is -0.130. The van der Waals surface area contributed by atoms with Crippen LogP contribution in [0.1, 0.15) is 46.1 Å². The lowest BCUT2D eigenvalue weighted by Gasteiger charge is -2.41. The third-order valence-corrected chi connectivity index (χ3v) is 4.25. The smallest absolute Gasteiger partial charge is 0.254 e.